The molecule has 0 spiro atoms. The van der Waals surface area contributed by atoms with Gasteiger partial charge >= 0.3 is 0 Å². The summed E-state index contributed by atoms with van der Waals surface area (Å²) in [5, 5.41) is 18.0. The Bertz CT molecular complexity index is 63.9. The van der Waals surface area contributed by atoms with Gasteiger partial charge in [-0.25, -0.2) is 0 Å². The zero-order valence-electron chi connectivity index (χ0n) is 6.09. The second-order valence-corrected chi connectivity index (χ2v) is 2.17. The molecule has 0 aliphatic carbocycles. The molecule has 0 rings (SSSR count). The van der Waals surface area contributed by atoms with Crippen LogP contribution < -0.4 is 0 Å². The van der Waals surface area contributed by atoms with E-state index in [1.54, 1.807) is 0 Å². The summed E-state index contributed by atoms with van der Waals surface area (Å²) in [6, 6.07) is 0. The van der Waals surface area contributed by atoms with Crippen molar-refractivity contribution in [3.63, 3.8) is 0 Å². The molecule has 1 radical (unpaired) electrons. The lowest BCUT2D eigenvalue weighted by molar-refractivity contribution is 0.0884. The molecule has 9 heavy (non-hydrogen) atoms. The first-order chi connectivity index (χ1) is 4.22. The Kier molecular flexibility index (Phi) is 4.72. The highest BCUT2D eigenvalue weighted by molar-refractivity contribution is 4.82. The molecule has 2 nitrogen and oxygen atoms in total. The van der Waals surface area contributed by atoms with Crippen molar-refractivity contribution in [3.05, 3.63) is 6.10 Å². The first-order valence-corrected chi connectivity index (χ1v) is 3.45. The summed E-state index contributed by atoms with van der Waals surface area (Å²) in [4.78, 5) is 0. The molecule has 1 unspecified atom stereocenters. The Morgan fingerprint density at radius 2 is 2.00 bits per heavy atom. The second-order valence-electron chi connectivity index (χ2n) is 2.17. The zero-order valence-corrected chi connectivity index (χ0v) is 6.09. The molecule has 0 fully saturated rings. The molecule has 0 aromatic heterocycles. The highest BCUT2D eigenvalue weighted by Crippen LogP contribution is 2.11. The van der Waals surface area contributed by atoms with Crippen molar-refractivity contribution < 1.29 is 10.2 Å². The number of aliphatic hydroxyl groups is 2. The van der Waals surface area contributed by atoms with E-state index < -0.39 is 6.10 Å². The minimum Gasteiger partial charge on any atom is -0.390 e. The highest BCUT2D eigenvalue weighted by Gasteiger charge is 2.12. The first kappa shape index (κ1) is 8.92. The van der Waals surface area contributed by atoms with Crippen LogP contribution >= 0.6 is 0 Å². The van der Waals surface area contributed by atoms with E-state index in [9.17, 15) is 0 Å². The summed E-state index contributed by atoms with van der Waals surface area (Å²) in [5.41, 5.74) is 0. The van der Waals surface area contributed by atoms with E-state index in [1.807, 2.05) is 13.8 Å². The largest absolute Gasteiger partial charge is 0.390 e. The molecule has 0 saturated carbocycles. The van der Waals surface area contributed by atoms with E-state index in [1.165, 1.54) is 0 Å². The van der Waals surface area contributed by atoms with Crippen LogP contribution in [-0.2, 0) is 0 Å². The molecule has 0 bridgehead atoms. The van der Waals surface area contributed by atoms with Crippen molar-refractivity contribution in [1.29, 1.82) is 0 Å². The van der Waals surface area contributed by atoms with Gasteiger partial charge in [-0.3, -0.25) is 0 Å². The Balaban J connectivity index is 3.32. The minimum atomic E-state index is -0.607. The maximum atomic E-state index is 8.98. The Labute approximate surface area is 56.5 Å². The molecule has 0 amide bonds. The van der Waals surface area contributed by atoms with Gasteiger partial charge in [-0.05, 0) is 12.8 Å². The smallest absolute Gasteiger partial charge is 0.121 e. The summed E-state index contributed by atoms with van der Waals surface area (Å²) in [7, 11) is 0. The molecular weight excluding hydrogens is 116 g/mol. The highest BCUT2D eigenvalue weighted by atomic mass is 16.3. The van der Waals surface area contributed by atoms with E-state index in [-0.39, 0.29) is 6.10 Å². The van der Waals surface area contributed by atoms with Gasteiger partial charge in [0.25, 0.3) is 0 Å². The maximum absolute atomic E-state index is 8.98. The Hall–Kier alpha value is -0.0800. The molecule has 0 aromatic carbocycles. The summed E-state index contributed by atoms with van der Waals surface area (Å²) in [5.74, 6) is 0. The normalized spacial score (nSPS) is 14.3. The van der Waals surface area contributed by atoms with Crippen LogP contribution in [0, 0.1) is 6.10 Å². The van der Waals surface area contributed by atoms with Crippen LogP contribution in [0.5, 0.6) is 0 Å². The van der Waals surface area contributed by atoms with Crippen molar-refractivity contribution in [2.24, 2.45) is 0 Å². The number of rotatable bonds is 4. The third-order valence-electron chi connectivity index (χ3n) is 1.28. The van der Waals surface area contributed by atoms with E-state index in [2.05, 4.69) is 0 Å². The summed E-state index contributed by atoms with van der Waals surface area (Å²) >= 11 is 0. The molecule has 0 heterocycles. The third kappa shape index (κ3) is 3.49. The lowest BCUT2D eigenvalue weighted by Gasteiger charge is -2.12. The first-order valence-electron chi connectivity index (χ1n) is 3.45. The predicted octanol–water partition coefficient (Wildman–Crippen LogP) is 1.46. The van der Waals surface area contributed by atoms with Crippen molar-refractivity contribution in [1.82, 2.24) is 0 Å². The molecule has 0 saturated heterocycles. The van der Waals surface area contributed by atoms with Gasteiger partial charge in [0, 0.05) is 0 Å². The fraction of sp³-hybridized carbons (Fsp3) is 0.857. The van der Waals surface area contributed by atoms with Gasteiger partial charge in [-0.2, -0.15) is 0 Å². The summed E-state index contributed by atoms with van der Waals surface area (Å²) in [6.07, 6.45) is 1.73. The van der Waals surface area contributed by atoms with Gasteiger partial charge in [0.1, 0.15) is 6.10 Å². The van der Waals surface area contributed by atoms with Gasteiger partial charge in [-0.15, -0.1) is 0 Å². The van der Waals surface area contributed by atoms with Gasteiger partial charge in [0.2, 0.25) is 0 Å². The average molecular weight is 131 g/mol. The SMILES string of the molecule is CCC[C](O)C(O)CC. The fourth-order valence-electron chi connectivity index (χ4n) is 0.658. The van der Waals surface area contributed by atoms with Crippen LogP contribution in [0.2, 0.25) is 0 Å². The zero-order chi connectivity index (χ0) is 7.28. The van der Waals surface area contributed by atoms with Crippen LogP contribution in [0.25, 0.3) is 0 Å². The number of aliphatic hydroxyl groups excluding tert-OH is 2. The van der Waals surface area contributed by atoms with Crippen molar-refractivity contribution in [3.8, 4) is 0 Å². The molecule has 1 atom stereocenters. The Morgan fingerprint density at radius 1 is 1.44 bits per heavy atom. The summed E-state index contributed by atoms with van der Waals surface area (Å²) in [6.45, 7) is 3.81. The summed E-state index contributed by atoms with van der Waals surface area (Å²) < 4.78 is 0. The van der Waals surface area contributed by atoms with Crippen molar-refractivity contribution >= 4 is 0 Å². The van der Waals surface area contributed by atoms with E-state index in [0.717, 1.165) is 6.42 Å². The molecule has 2 N–H and O–H groups in total. The molecular formula is C7H15O2. The standard InChI is InChI=1S/C7H15O2/c1-3-5-7(9)6(8)4-2/h6,8-9H,3-5H2,1-2H3. The van der Waals surface area contributed by atoms with Crippen LogP contribution in [0.3, 0.4) is 0 Å². The van der Waals surface area contributed by atoms with Crippen molar-refractivity contribution in [2.75, 3.05) is 0 Å². The minimum absolute atomic E-state index is 0.222. The average Bonchev–Trinajstić information content (AvgIpc) is 1.87. The second kappa shape index (κ2) is 4.77. The van der Waals surface area contributed by atoms with Crippen LogP contribution in [-0.4, -0.2) is 16.3 Å². The van der Waals surface area contributed by atoms with E-state index in [0.29, 0.717) is 12.8 Å². The molecule has 55 valence electrons. The van der Waals surface area contributed by atoms with Crippen LogP contribution in [0.1, 0.15) is 33.1 Å². The number of hydrogen-bond donors (Lipinski definition) is 2. The maximum Gasteiger partial charge on any atom is 0.121 e. The van der Waals surface area contributed by atoms with Crippen molar-refractivity contribution in [2.45, 2.75) is 39.2 Å². The molecule has 2 heteroatoms. The van der Waals surface area contributed by atoms with Crippen LogP contribution in [0.4, 0.5) is 0 Å². The fourth-order valence-corrected chi connectivity index (χ4v) is 0.658. The quantitative estimate of drug-likeness (QED) is 0.606. The third-order valence-corrected chi connectivity index (χ3v) is 1.28. The van der Waals surface area contributed by atoms with E-state index in [4.69, 9.17) is 10.2 Å². The topological polar surface area (TPSA) is 40.5 Å². The van der Waals surface area contributed by atoms with Crippen LogP contribution in [0.15, 0.2) is 0 Å². The molecule has 0 aliphatic heterocycles. The van der Waals surface area contributed by atoms with Gasteiger partial charge in [-0.1, -0.05) is 20.3 Å². The predicted molar refractivity (Wildman–Crippen MR) is 36.4 cm³/mol. The van der Waals surface area contributed by atoms with Gasteiger partial charge < -0.3 is 10.2 Å². The monoisotopic (exact) mass is 131 g/mol. The van der Waals surface area contributed by atoms with Gasteiger partial charge in [0.05, 0.1) is 6.10 Å². The molecule has 0 aromatic rings. The Morgan fingerprint density at radius 3 is 2.33 bits per heavy atom. The lowest BCUT2D eigenvalue weighted by atomic mass is 10.1. The van der Waals surface area contributed by atoms with Gasteiger partial charge in [0.15, 0.2) is 0 Å². The lowest BCUT2D eigenvalue weighted by Crippen LogP contribution is -2.16. The van der Waals surface area contributed by atoms with E-state index >= 15 is 0 Å². The molecule has 0 aliphatic rings. The number of hydrogen-bond acceptors (Lipinski definition) is 2.